The van der Waals surface area contributed by atoms with Crippen LogP contribution in [-0.2, 0) is 6.42 Å². The maximum atomic E-state index is 12.6. The van der Waals surface area contributed by atoms with Crippen LogP contribution < -0.4 is 10.3 Å². The highest BCUT2D eigenvalue weighted by Gasteiger charge is 2.13. The Morgan fingerprint density at radius 1 is 1.17 bits per heavy atom. The fourth-order valence-electron chi connectivity index (χ4n) is 2.50. The number of nitriles is 1. The third kappa shape index (κ3) is 3.81. The third-order valence-electron chi connectivity index (χ3n) is 3.60. The van der Waals surface area contributed by atoms with Gasteiger partial charge in [0.15, 0.2) is 0 Å². The lowest BCUT2D eigenvalue weighted by Crippen LogP contribution is -2.26. The van der Waals surface area contributed by atoms with Crippen molar-refractivity contribution in [3.05, 3.63) is 52.3 Å². The topological polar surface area (TPSA) is 55.0 Å². The summed E-state index contributed by atoms with van der Waals surface area (Å²) in [5.41, 5.74) is 2.26. The molecule has 1 aromatic carbocycles. The molecule has 0 spiro atoms. The van der Waals surface area contributed by atoms with Crippen LogP contribution in [0.1, 0.15) is 38.8 Å². The van der Waals surface area contributed by atoms with E-state index in [1.807, 2.05) is 50.2 Å². The Kier molecular flexibility index (Phi) is 5.59. The molecule has 1 heterocycles. The second-order valence-corrected chi connectivity index (χ2v) is 5.72. The number of hydrogen-bond donors (Lipinski definition) is 0. The van der Waals surface area contributed by atoms with Gasteiger partial charge in [0.1, 0.15) is 5.75 Å². The van der Waals surface area contributed by atoms with Crippen LogP contribution in [-0.4, -0.2) is 11.2 Å². The highest BCUT2D eigenvalue weighted by Crippen LogP contribution is 2.24. The van der Waals surface area contributed by atoms with Crippen molar-refractivity contribution in [1.29, 1.82) is 5.26 Å². The van der Waals surface area contributed by atoms with Gasteiger partial charge in [0, 0.05) is 11.6 Å². The van der Waals surface area contributed by atoms with E-state index in [-0.39, 0.29) is 18.0 Å². The first-order valence-electron chi connectivity index (χ1n) is 7.93. The molecule has 0 amide bonds. The Labute approximate surface area is 137 Å². The predicted molar refractivity (Wildman–Crippen MR) is 91.6 cm³/mol. The molecule has 1 aromatic heterocycles. The van der Waals surface area contributed by atoms with Crippen LogP contribution in [0, 0.1) is 11.3 Å². The van der Waals surface area contributed by atoms with Crippen molar-refractivity contribution >= 4 is 0 Å². The molecule has 0 saturated carbocycles. The normalized spacial score (nSPS) is 10.6. The van der Waals surface area contributed by atoms with E-state index in [2.05, 4.69) is 6.92 Å². The summed E-state index contributed by atoms with van der Waals surface area (Å²) in [5.74, 6) is 0.829. The van der Waals surface area contributed by atoms with Crippen LogP contribution in [0.15, 0.2) is 41.2 Å². The summed E-state index contributed by atoms with van der Waals surface area (Å²) < 4.78 is 7.34. The Balaban J connectivity index is 2.45. The first kappa shape index (κ1) is 16.8. The molecule has 0 fully saturated rings. The van der Waals surface area contributed by atoms with Crippen LogP contribution in [0.4, 0.5) is 0 Å². The number of pyridine rings is 1. The lowest BCUT2D eigenvalue weighted by atomic mass is 10.1. The highest BCUT2D eigenvalue weighted by molar-refractivity contribution is 5.61. The average molecular weight is 310 g/mol. The zero-order valence-electron chi connectivity index (χ0n) is 13.9. The molecule has 4 heteroatoms. The standard InChI is InChI=1S/C19H22N2O2/c1-4-13-23-17-8-5-15(6-9-17)18-10-7-16(11-12-20)19(22)21(18)14(2)3/h5-10,14H,4,11,13H2,1-3H3. The zero-order valence-corrected chi connectivity index (χ0v) is 13.9. The van der Waals surface area contributed by atoms with Crippen molar-refractivity contribution in [3.63, 3.8) is 0 Å². The fraction of sp³-hybridized carbons (Fsp3) is 0.368. The van der Waals surface area contributed by atoms with E-state index in [1.165, 1.54) is 0 Å². The van der Waals surface area contributed by atoms with Crippen molar-refractivity contribution in [1.82, 2.24) is 4.57 Å². The Morgan fingerprint density at radius 3 is 2.43 bits per heavy atom. The summed E-state index contributed by atoms with van der Waals surface area (Å²) in [4.78, 5) is 12.6. The van der Waals surface area contributed by atoms with Gasteiger partial charge >= 0.3 is 0 Å². The van der Waals surface area contributed by atoms with Gasteiger partial charge in [0.2, 0.25) is 0 Å². The lowest BCUT2D eigenvalue weighted by molar-refractivity contribution is 0.317. The second kappa shape index (κ2) is 7.64. The quantitative estimate of drug-likeness (QED) is 0.811. The van der Waals surface area contributed by atoms with Crippen molar-refractivity contribution < 1.29 is 4.74 Å². The fourth-order valence-corrected chi connectivity index (χ4v) is 2.50. The molecule has 0 radical (unpaired) electrons. The van der Waals surface area contributed by atoms with E-state index in [9.17, 15) is 4.79 Å². The molecular weight excluding hydrogens is 288 g/mol. The van der Waals surface area contributed by atoms with Gasteiger partial charge in [-0.15, -0.1) is 0 Å². The molecule has 0 unspecified atom stereocenters. The maximum absolute atomic E-state index is 12.6. The molecule has 0 N–H and O–H groups in total. The van der Waals surface area contributed by atoms with Gasteiger partial charge in [-0.05, 0) is 56.2 Å². The minimum absolute atomic E-state index is 0.0205. The second-order valence-electron chi connectivity index (χ2n) is 5.72. The van der Waals surface area contributed by atoms with Crippen molar-refractivity contribution in [2.75, 3.05) is 6.61 Å². The summed E-state index contributed by atoms with van der Waals surface area (Å²) in [6.07, 6.45) is 1.10. The Hall–Kier alpha value is -2.54. The van der Waals surface area contributed by atoms with Crippen LogP contribution in [0.5, 0.6) is 5.75 Å². The largest absolute Gasteiger partial charge is 0.494 e. The van der Waals surface area contributed by atoms with Crippen molar-refractivity contribution in [2.24, 2.45) is 0 Å². The van der Waals surface area contributed by atoms with Gasteiger partial charge in [-0.2, -0.15) is 5.26 Å². The van der Waals surface area contributed by atoms with Crippen molar-refractivity contribution in [3.8, 4) is 23.1 Å². The Morgan fingerprint density at radius 2 is 1.87 bits per heavy atom. The smallest absolute Gasteiger partial charge is 0.255 e. The molecule has 120 valence electrons. The van der Waals surface area contributed by atoms with Crippen molar-refractivity contribution in [2.45, 2.75) is 39.7 Å². The van der Waals surface area contributed by atoms with Crippen LogP contribution >= 0.6 is 0 Å². The lowest BCUT2D eigenvalue weighted by Gasteiger charge is -2.18. The molecule has 0 atom stereocenters. The van der Waals surface area contributed by atoms with Crippen LogP contribution in [0.3, 0.4) is 0 Å². The summed E-state index contributed by atoms with van der Waals surface area (Å²) in [5, 5.41) is 8.85. The molecule has 2 aromatic rings. The number of rotatable bonds is 6. The molecule has 23 heavy (non-hydrogen) atoms. The number of ether oxygens (including phenoxy) is 1. The molecule has 0 aliphatic carbocycles. The van der Waals surface area contributed by atoms with Gasteiger partial charge in [-0.3, -0.25) is 4.79 Å². The van der Waals surface area contributed by atoms with E-state index in [0.29, 0.717) is 12.2 Å². The average Bonchev–Trinajstić information content (AvgIpc) is 2.55. The van der Waals surface area contributed by atoms with E-state index < -0.39 is 0 Å². The van der Waals surface area contributed by atoms with Gasteiger partial charge in [-0.25, -0.2) is 0 Å². The van der Waals surface area contributed by atoms with Gasteiger partial charge in [0.05, 0.1) is 24.8 Å². The first-order valence-corrected chi connectivity index (χ1v) is 7.93. The zero-order chi connectivity index (χ0) is 16.8. The number of benzene rings is 1. The number of hydrogen-bond acceptors (Lipinski definition) is 3. The van der Waals surface area contributed by atoms with Gasteiger partial charge in [0.25, 0.3) is 5.56 Å². The summed E-state index contributed by atoms with van der Waals surface area (Å²) >= 11 is 0. The van der Waals surface area contributed by atoms with E-state index in [1.54, 1.807) is 10.6 Å². The molecule has 0 aliphatic heterocycles. The van der Waals surface area contributed by atoms with E-state index in [4.69, 9.17) is 10.00 Å². The minimum Gasteiger partial charge on any atom is -0.494 e. The minimum atomic E-state index is -0.0923. The maximum Gasteiger partial charge on any atom is 0.255 e. The molecule has 0 bridgehead atoms. The third-order valence-corrected chi connectivity index (χ3v) is 3.60. The summed E-state index contributed by atoms with van der Waals surface area (Å²) in [6, 6.07) is 13.5. The highest BCUT2D eigenvalue weighted by atomic mass is 16.5. The van der Waals surface area contributed by atoms with Crippen LogP contribution in [0.25, 0.3) is 11.3 Å². The molecular formula is C19H22N2O2. The number of nitrogens with zero attached hydrogens (tertiary/aromatic N) is 2. The SMILES string of the molecule is CCCOc1ccc(-c2ccc(CC#N)c(=O)n2C(C)C)cc1. The molecule has 0 saturated heterocycles. The first-order chi connectivity index (χ1) is 11.1. The molecule has 2 rings (SSSR count). The summed E-state index contributed by atoms with van der Waals surface area (Å²) in [7, 11) is 0. The monoisotopic (exact) mass is 310 g/mol. The predicted octanol–water partition coefficient (Wildman–Crippen LogP) is 3.95. The van der Waals surface area contributed by atoms with Gasteiger partial charge in [-0.1, -0.05) is 13.0 Å². The van der Waals surface area contributed by atoms with E-state index in [0.717, 1.165) is 23.4 Å². The summed E-state index contributed by atoms with van der Waals surface area (Å²) in [6.45, 7) is 6.71. The molecule has 4 nitrogen and oxygen atoms in total. The number of aromatic nitrogens is 1. The van der Waals surface area contributed by atoms with E-state index >= 15 is 0 Å². The van der Waals surface area contributed by atoms with Gasteiger partial charge < -0.3 is 9.30 Å². The molecule has 0 aliphatic rings. The van der Waals surface area contributed by atoms with Crippen LogP contribution in [0.2, 0.25) is 0 Å². The Bertz CT molecular complexity index is 752.